The minimum atomic E-state index is 0.299. The SMILES string of the molecule is CCN(CCOc1cccc(C#N)c1C#N)c1ccccc1. The van der Waals surface area contributed by atoms with Crippen LogP contribution in [0.1, 0.15) is 18.1 Å². The van der Waals surface area contributed by atoms with Crippen LogP contribution in [0.15, 0.2) is 48.5 Å². The van der Waals surface area contributed by atoms with Crippen molar-refractivity contribution in [2.75, 3.05) is 24.6 Å². The highest BCUT2D eigenvalue weighted by atomic mass is 16.5. The molecule has 0 aliphatic rings. The fourth-order valence-electron chi connectivity index (χ4n) is 2.23. The lowest BCUT2D eigenvalue weighted by molar-refractivity contribution is 0.323. The topological polar surface area (TPSA) is 60.0 Å². The summed E-state index contributed by atoms with van der Waals surface area (Å²) in [6.45, 7) is 4.12. The van der Waals surface area contributed by atoms with Crippen LogP contribution in [-0.2, 0) is 0 Å². The average Bonchev–Trinajstić information content (AvgIpc) is 2.59. The summed E-state index contributed by atoms with van der Waals surface area (Å²) < 4.78 is 5.71. The van der Waals surface area contributed by atoms with Crippen molar-refractivity contribution in [1.29, 1.82) is 10.5 Å². The Kier molecular flexibility index (Phi) is 5.40. The van der Waals surface area contributed by atoms with Gasteiger partial charge in [0.05, 0.1) is 12.1 Å². The van der Waals surface area contributed by atoms with E-state index in [2.05, 4.69) is 24.0 Å². The van der Waals surface area contributed by atoms with E-state index in [0.29, 0.717) is 30.0 Å². The first kappa shape index (κ1) is 15.4. The number of ether oxygens (including phenoxy) is 1. The number of anilines is 1. The standard InChI is InChI=1S/C18H17N3O/c1-2-21(16-8-4-3-5-9-16)11-12-22-18-10-6-7-15(13-19)17(18)14-20/h3-10H,2,11-12H2,1H3. The predicted octanol–water partition coefficient (Wildman–Crippen LogP) is 3.34. The molecule has 0 bridgehead atoms. The maximum atomic E-state index is 9.17. The summed E-state index contributed by atoms with van der Waals surface area (Å²) in [4.78, 5) is 2.19. The minimum absolute atomic E-state index is 0.299. The van der Waals surface area contributed by atoms with E-state index < -0.39 is 0 Å². The van der Waals surface area contributed by atoms with Crippen LogP contribution in [0.5, 0.6) is 5.75 Å². The normalized spacial score (nSPS) is 9.59. The van der Waals surface area contributed by atoms with Crippen molar-refractivity contribution < 1.29 is 4.74 Å². The van der Waals surface area contributed by atoms with E-state index in [9.17, 15) is 5.26 Å². The fourth-order valence-corrected chi connectivity index (χ4v) is 2.23. The molecule has 4 heteroatoms. The lowest BCUT2D eigenvalue weighted by Crippen LogP contribution is -2.28. The molecule has 0 saturated heterocycles. The molecule has 0 aliphatic carbocycles. The Hall–Kier alpha value is -2.98. The quantitative estimate of drug-likeness (QED) is 0.819. The van der Waals surface area contributed by atoms with Crippen LogP contribution < -0.4 is 9.64 Å². The number of hydrogen-bond acceptors (Lipinski definition) is 4. The summed E-state index contributed by atoms with van der Waals surface area (Å²) in [5, 5.41) is 18.2. The number of nitriles is 2. The maximum Gasteiger partial charge on any atom is 0.138 e. The van der Waals surface area contributed by atoms with Gasteiger partial charge in [-0.1, -0.05) is 24.3 Å². The molecule has 22 heavy (non-hydrogen) atoms. The van der Waals surface area contributed by atoms with Gasteiger partial charge in [0, 0.05) is 12.2 Å². The number of likely N-dealkylation sites (N-methyl/N-ethyl adjacent to an activating group) is 1. The molecule has 2 aromatic rings. The molecule has 0 spiro atoms. The van der Waals surface area contributed by atoms with E-state index in [0.717, 1.165) is 12.2 Å². The number of hydrogen-bond donors (Lipinski definition) is 0. The van der Waals surface area contributed by atoms with Gasteiger partial charge >= 0.3 is 0 Å². The molecular weight excluding hydrogens is 274 g/mol. The van der Waals surface area contributed by atoms with Crippen molar-refractivity contribution in [2.45, 2.75) is 6.92 Å². The van der Waals surface area contributed by atoms with Crippen LogP contribution in [0.2, 0.25) is 0 Å². The van der Waals surface area contributed by atoms with Crippen LogP contribution in [0, 0.1) is 22.7 Å². The Morgan fingerprint density at radius 2 is 1.77 bits per heavy atom. The van der Waals surface area contributed by atoms with Gasteiger partial charge in [0.2, 0.25) is 0 Å². The van der Waals surface area contributed by atoms with Crippen molar-refractivity contribution in [2.24, 2.45) is 0 Å². The summed E-state index contributed by atoms with van der Waals surface area (Å²) in [6, 6.07) is 19.2. The zero-order chi connectivity index (χ0) is 15.8. The van der Waals surface area contributed by atoms with Gasteiger partial charge in [-0.05, 0) is 31.2 Å². The first-order chi connectivity index (χ1) is 10.8. The summed E-state index contributed by atoms with van der Waals surface area (Å²) >= 11 is 0. The van der Waals surface area contributed by atoms with Gasteiger partial charge in [0.15, 0.2) is 0 Å². The molecule has 0 atom stereocenters. The summed E-state index contributed by atoms with van der Waals surface area (Å²) in [5.41, 5.74) is 1.78. The molecular formula is C18H17N3O. The largest absolute Gasteiger partial charge is 0.490 e. The van der Waals surface area contributed by atoms with Crippen LogP contribution >= 0.6 is 0 Å². The highest BCUT2D eigenvalue weighted by molar-refractivity contribution is 5.54. The average molecular weight is 291 g/mol. The van der Waals surface area contributed by atoms with Crippen LogP contribution in [0.3, 0.4) is 0 Å². The van der Waals surface area contributed by atoms with E-state index in [4.69, 9.17) is 10.00 Å². The number of benzene rings is 2. The third-order valence-corrected chi connectivity index (χ3v) is 3.38. The molecule has 2 aromatic carbocycles. The second-order valence-electron chi connectivity index (χ2n) is 4.67. The molecule has 0 unspecified atom stereocenters. The van der Waals surface area contributed by atoms with Gasteiger partial charge in [-0.3, -0.25) is 0 Å². The fraction of sp³-hybridized carbons (Fsp3) is 0.222. The second-order valence-corrected chi connectivity index (χ2v) is 4.67. The van der Waals surface area contributed by atoms with E-state index >= 15 is 0 Å². The van der Waals surface area contributed by atoms with Crippen molar-refractivity contribution in [3.05, 3.63) is 59.7 Å². The Morgan fingerprint density at radius 1 is 1.00 bits per heavy atom. The predicted molar refractivity (Wildman–Crippen MR) is 85.7 cm³/mol. The molecule has 0 amide bonds. The van der Waals surface area contributed by atoms with Crippen LogP contribution in [0.4, 0.5) is 5.69 Å². The summed E-state index contributed by atoms with van der Waals surface area (Å²) in [7, 11) is 0. The summed E-state index contributed by atoms with van der Waals surface area (Å²) in [5.74, 6) is 0.464. The van der Waals surface area contributed by atoms with E-state index in [1.54, 1.807) is 18.2 Å². The van der Waals surface area contributed by atoms with Gasteiger partial charge in [0.25, 0.3) is 0 Å². The Bertz CT molecular complexity index is 699. The monoisotopic (exact) mass is 291 g/mol. The molecule has 2 rings (SSSR count). The molecule has 0 fully saturated rings. The van der Waals surface area contributed by atoms with E-state index in [1.165, 1.54) is 0 Å². The van der Waals surface area contributed by atoms with Gasteiger partial charge in [-0.2, -0.15) is 10.5 Å². The second kappa shape index (κ2) is 7.71. The van der Waals surface area contributed by atoms with Crippen molar-refractivity contribution >= 4 is 5.69 Å². The zero-order valence-corrected chi connectivity index (χ0v) is 12.5. The molecule has 4 nitrogen and oxygen atoms in total. The van der Waals surface area contributed by atoms with Gasteiger partial charge in [-0.15, -0.1) is 0 Å². The Balaban J connectivity index is 2.02. The zero-order valence-electron chi connectivity index (χ0n) is 12.5. The molecule has 0 N–H and O–H groups in total. The maximum absolute atomic E-state index is 9.17. The Morgan fingerprint density at radius 3 is 2.41 bits per heavy atom. The molecule has 0 radical (unpaired) electrons. The lowest BCUT2D eigenvalue weighted by Gasteiger charge is -2.23. The Labute approximate surface area is 130 Å². The van der Waals surface area contributed by atoms with Gasteiger partial charge in [0.1, 0.15) is 30.1 Å². The molecule has 0 aromatic heterocycles. The number of rotatable bonds is 6. The summed E-state index contributed by atoms with van der Waals surface area (Å²) in [6.07, 6.45) is 0. The van der Waals surface area contributed by atoms with Crippen molar-refractivity contribution in [3.63, 3.8) is 0 Å². The van der Waals surface area contributed by atoms with Crippen molar-refractivity contribution in [1.82, 2.24) is 0 Å². The third-order valence-electron chi connectivity index (χ3n) is 3.38. The van der Waals surface area contributed by atoms with Crippen LogP contribution in [-0.4, -0.2) is 19.7 Å². The van der Waals surface area contributed by atoms with Gasteiger partial charge in [-0.25, -0.2) is 0 Å². The number of nitrogens with zero attached hydrogens (tertiary/aromatic N) is 3. The molecule has 0 heterocycles. The molecule has 0 saturated carbocycles. The van der Waals surface area contributed by atoms with Gasteiger partial charge < -0.3 is 9.64 Å². The first-order valence-corrected chi connectivity index (χ1v) is 7.16. The highest BCUT2D eigenvalue weighted by Gasteiger charge is 2.09. The smallest absolute Gasteiger partial charge is 0.138 e. The number of para-hydroxylation sites is 1. The lowest BCUT2D eigenvalue weighted by atomic mass is 10.1. The highest BCUT2D eigenvalue weighted by Crippen LogP contribution is 2.21. The van der Waals surface area contributed by atoms with Crippen molar-refractivity contribution in [3.8, 4) is 17.9 Å². The van der Waals surface area contributed by atoms with E-state index in [-0.39, 0.29) is 0 Å². The van der Waals surface area contributed by atoms with E-state index in [1.807, 2.05) is 30.3 Å². The first-order valence-electron chi connectivity index (χ1n) is 7.16. The third kappa shape index (κ3) is 3.56. The van der Waals surface area contributed by atoms with Crippen LogP contribution in [0.25, 0.3) is 0 Å². The molecule has 0 aliphatic heterocycles. The minimum Gasteiger partial charge on any atom is -0.490 e. The molecule has 110 valence electrons.